The van der Waals surface area contributed by atoms with Gasteiger partial charge in [-0.25, -0.2) is 8.78 Å². The first-order chi connectivity index (χ1) is 10.7. The predicted octanol–water partition coefficient (Wildman–Crippen LogP) is 5.39. The average Bonchev–Trinajstić information content (AvgIpc) is 2.51. The first-order valence-electron chi connectivity index (χ1n) is 8.35. The predicted molar refractivity (Wildman–Crippen MR) is 85.1 cm³/mol. The number of fused-ring (bicyclic) bond motifs is 2. The summed E-state index contributed by atoms with van der Waals surface area (Å²) in [6.07, 6.45) is 9.09. The maximum atomic E-state index is 13.7. The van der Waals surface area contributed by atoms with Crippen LogP contribution in [-0.4, -0.2) is 0 Å². The maximum Gasteiger partial charge on any atom is 0.126 e. The fourth-order valence-electron chi connectivity index (χ4n) is 4.19. The molecule has 0 fully saturated rings. The van der Waals surface area contributed by atoms with Gasteiger partial charge < -0.3 is 0 Å². The molecule has 0 radical (unpaired) electrons. The molecule has 0 unspecified atom stereocenters. The Hall–Kier alpha value is -1.70. The van der Waals surface area contributed by atoms with Gasteiger partial charge in [-0.2, -0.15) is 0 Å². The Kier molecular flexibility index (Phi) is 3.48. The van der Waals surface area contributed by atoms with E-state index >= 15 is 0 Å². The minimum Gasteiger partial charge on any atom is -0.207 e. The molecule has 0 heterocycles. The third-order valence-corrected chi connectivity index (χ3v) is 5.12. The van der Waals surface area contributed by atoms with E-state index < -0.39 is 11.6 Å². The highest BCUT2D eigenvalue weighted by molar-refractivity contribution is 5.75. The van der Waals surface area contributed by atoms with E-state index in [1.54, 1.807) is 0 Å². The first kappa shape index (κ1) is 13.9. The minimum atomic E-state index is -0.479. The molecule has 4 rings (SSSR count). The Labute approximate surface area is 130 Å². The second-order valence-corrected chi connectivity index (χ2v) is 6.60. The van der Waals surface area contributed by atoms with Gasteiger partial charge in [-0.05, 0) is 96.9 Å². The van der Waals surface area contributed by atoms with E-state index in [-0.39, 0.29) is 0 Å². The molecule has 2 aromatic rings. The van der Waals surface area contributed by atoms with Crippen molar-refractivity contribution in [2.75, 3.05) is 0 Å². The lowest BCUT2D eigenvalue weighted by atomic mass is 9.77. The van der Waals surface area contributed by atoms with Crippen LogP contribution < -0.4 is 0 Å². The summed E-state index contributed by atoms with van der Waals surface area (Å²) in [5, 5.41) is 0. The maximum absolute atomic E-state index is 13.7. The summed E-state index contributed by atoms with van der Waals surface area (Å²) in [6.45, 7) is 0. The summed E-state index contributed by atoms with van der Waals surface area (Å²) in [5.74, 6) is -0.957. The molecule has 0 atom stereocenters. The number of halogens is 2. The number of aryl methyl sites for hydroxylation is 2. The van der Waals surface area contributed by atoms with Gasteiger partial charge in [0.05, 0.1) is 0 Å². The van der Waals surface area contributed by atoms with Gasteiger partial charge in [0.1, 0.15) is 11.6 Å². The zero-order chi connectivity index (χ0) is 15.1. The lowest BCUT2D eigenvalue weighted by Crippen LogP contribution is -2.13. The van der Waals surface area contributed by atoms with E-state index in [2.05, 4.69) is 6.07 Å². The van der Waals surface area contributed by atoms with E-state index in [0.717, 1.165) is 42.9 Å². The van der Waals surface area contributed by atoms with Crippen LogP contribution in [0.5, 0.6) is 0 Å². The van der Waals surface area contributed by atoms with Gasteiger partial charge in [-0.15, -0.1) is 0 Å². The average molecular weight is 298 g/mol. The van der Waals surface area contributed by atoms with Crippen LogP contribution in [0.3, 0.4) is 0 Å². The molecular weight excluding hydrogens is 278 g/mol. The summed E-state index contributed by atoms with van der Waals surface area (Å²) in [5.41, 5.74) is 7.38. The van der Waals surface area contributed by atoms with E-state index in [0.29, 0.717) is 0 Å². The molecule has 2 aromatic carbocycles. The van der Waals surface area contributed by atoms with Gasteiger partial charge in [0, 0.05) is 6.07 Å². The summed E-state index contributed by atoms with van der Waals surface area (Å²) in [7, 11) is 0. The molecule has 0 N–H and O–H groups in total. The van der Waals surface area contributed by atoms with Crippen molar-refractivity contribution in [1.29, 1.82) is 0 Å². The lowest BCUT2D eigenvalue weighted by molar-refractivity contribution is 0.584. The molecule has 0 aliphatic heterocycles. The fraction of sp³-hybridized carbons (Fsp3) is 0.400. The minimum absolute atomic E-state index is 0.479. The fourth-order valence-corrected chi connectivity index (χ4v) is 4.19. The van der Waals surface area contributed by atoms with Gasteiger partial charge in [0.25, 0.3) is 0 Å². The number of hydrogen-bond donors (Lipinski definition) is 0. The van der Waals surface area contributed by atoms with Crippen molar-refractivity contribution in [3.05, 3.63) is 58.2 Å². The Morgan fingerprint density at radius 2 is 1.09 bits per heavy atom. The highest BCUT2D eigenvalue weighted by atomic mass is 19.1. The first-order valence-corrected chi connectivity index (χ1v) is 8.35. The molecule has 0 aromatic heterocycles. The van der Waals surface area contributed by atoms with Gasteiger partial charge >= 0.3 is 0 Å². The number of rotatable bonds is 1. The van der Waals surface area contributed by atoms with E-state index in [1.165, 1.54) is 60.1 Å². The third-order valence-electron chi connectivity index (χ3n) is 5.12. The van der Waals surface area contributed by atoms with Crippen molar-refractivity contribution in [2.45, 2.75) is 51.4 Å². The molecule has 0 amide bonds. The molecule has 2 aliphatic rings. The van der Waals surface area contributed by atoms with Crippen LogP contribution in [0.4, 0.5) is 8.78 Å². The van der Waals surface area contributed by atoms with Crippen LogP contribution in [-0.2, 0) is 25.7 Å². The van der Waals surface area contributed by atoms with E-state index in [9.17, 15) is 8.78 Å². The molecule has 0 bridgehead atoms. The second kappa shape index (κ2) is 5.49. The normalized spacial score (nSPS) is 17.0. The van der Waals surface area contributed by atoms with Gasteiger partial charge in [-0.1, -0.05) is 6.07 Å². The van der Waals surface area contributed by atoms with Gasteiger partial charge in [0.2, 0.25) is 0 Å². The van der Waals surface area contributed by atoms with Crippen LogP contribution >= 0.6 is 0 Å². The van der Waals surface area contributed by atoms with E-state index in [1.807, 2.05) is 0 Å². The Balaban J connectivity index is 2.00. The zero-order valence-electron chi connectivity index (χ0n) is 12.7. The van der Waals surface area contributed by atoms with E-state index in [4.69, 9.17) is 0 Å². The largest absolute Gasteiger partial charge is 0.207 e. The van der Waals surface area contributed by atoms with Gasteiger partial charge in [0.15, 0.2) is 0 Å². The van der Waals surface area contributed by atoms with Gasteiger partial charge in [-0.3, -0.25) is 0 Å². The zero-order valence-corrected chi connectivity index (χ0v) is 12.7. The SMILES string of the molecule is Fc1cc(F)cc(-c2c3c(cc4c2CCCC4)CCCC3)c1. The van der Waals surface area contributed by atoms with Crippen LogP contribution in [0.25, 0.3) is 11.1 Å². The molecule has 0 saturated carbocycles. The van der Waals surface area contributed by atoms with Crippen molar-refractivity contribution in [2.24, 2.45) is 0 Å². The third kappa shape index (κ3) is 2.35. The second-order valence-electron chi connectivity index (χ2n) is 6.60. The Morgan fingerprint density at radius 1 is 0.591 bits per heavy atom. The topological polar surface area (TPSA) is 0 Å². The molecular formula is C20H20F2. The highest BCUT2D eigenvalue weighted by Crippen LogP contribution is 2.40. The van der Waals surface area contributed by atoms with Crippen molar-refractivity contribution >= 4 is 0 Å². The monoisotopic (exact) mass is 298 g/mol. The smallest absolute Gasteiger partial charge is 0.126 e. The van der Waals surface area contributed by atoms with Crippen LogP contribution in [0.15, 0.2) is 24.3 Å². The standard InChI is InChI=1S/C20H20F2/c21-16-10-15(11-17(22)12-16)20-18-7-3-1-5-13(18)9-14-6-2-4-8-19(14)20/h9-12H,1-8H2. The summed E-state index contributed by atoms with van der Waals surface area (Å²) >= 11 is 0. The van der Waals surface area contributed by atoms with Crippen molar-refractivity contribution in [3.8, 4) is 11.1 Å². The molecule has 2 heteroatoms. The van der Waals surface area contributed by atoms with Crippen LogP contribution in [0, 0.1) is 11.6 Å². The molecule has 0 spiro atoms. The Morgan fingerprint density at radius 3 is 1.64 bits per heavy atom. The Bertz CT molecular complexity index is 676. The summed E-state index contributed by atoms with van der Waals surface area (Å²) in [4.78, 5) is 0. The van der Waals surface area contributed by atoms with Crippen molar-refractivity contribution < 1.29 is 8.78 Å². The highest BCUT2D eigenvalue weighted by Gasteiger charge is 2.23. The number of benzene rings is 2. The summed E-state index contributed by atoms with van der Waals surface area (Å²) < 4.78 is 27.5. The number of hydrogen-bond acceptors (Lipinski definition) is 0. The molecule has 0 saturated heterocycles. The van der Waals surface area contributed by atoms with Crippen LogP contribution in [0.1, 0.15) is 47.9 Å². The molecule has 22 heavy (non-hydrogen) atoms. The quantitative estimate of drug-likeness (QED) is 0.662. The molecule has 2 aliphatic carbocycles. The molecule has 114 valence electrons. The van der Waals surface area contributed by atoms with Crippen molar-refractivity contribution in [1.82, 2.24) is 0 Å². The lowest BCUT2D eigenvalue weighted by Gasteiger charge is -2.28. The van der Waals surface area contributed by atoms with Crippen LogP contribution in [0.2, 0.25) is 0 Å². The van der Waals surface area contributed by atoms with Crippen molar-refractivity contribution in [3.63, 3.8) is 0 Å². The molecule has 0 nitrogen and oxygen atoms in total. The summed E-state index contributed by atoms with van der Waals surface area (Å²) in [6, 6.07) is 6.35.